The van der Waals surface area contributed by atoms with Gasteiger partial charge in [0, 0.05) is 42.0 Å². The highest BCUT2D eigenvalue weighted by atomic mass is 35.5. The number of hydrogen-bond donors (Lipinski definition) is 1. The molecule has 0 bridgehead atoms. The van der Waals surface area contributed by atoms with Crippen LogP contribution in [0.4, 0.5) is 24.7 Å². The fourth-order valence-electron chi connectivity index (χ4n) is 2.81. The summed E-state index contributed by atoms with van der Waals surface area (Å²) in [6, 6.07) is 12.0. The van der Waals surface area contributed by atoms with Crippen LogP contribution in [0.25, 0.3) is 22.3 Å². The number of alkyl halides is 2. The Hall–Kier alpha value is -3.39. The van der Waals surface area contributed by atoms with E-state index in [2.05, 4.69) is 25.0 Å². The number of fused-ring (bicyclic) bond motifs is 1. The Bertz CT molecular complexity index is 1220. The molecule has 2 heterocycles. The van der Waals surface area contributed by atoms with Gasteiger partial charge in [0.25, 0.3) is 0 Å². The molecule has 0 aliphatic rings. The van der Waals surface area contributed by atoms with E-state index in [1.165, 1.54) is 30.3 Å². The number of anilines is 2. The lowest BCUT2D eigenvalue weighted by molar-refractivity contribution is -0.158. The molecular formula is C21H14ClF3N4O. The summed E-state index contributed by atoms with van der Waals surface area (Å²) in [6.45, 7) is 0.656. The molecule has 0 aliphatic carbocycles. The zero-order valence-electron chi connectivity index (χ0n) is 15.5. The van der Waals surface area contributed by atoms with Gasteiger partial charge in [-0.2, -0.15) is 8.78 Å². The smallest absolute Gasteiger partial charge is 0.394 e. The third-order valence-corrected chi connectivity index (χ3v) is 4.36. The molecule has 0 unspecified atom stereocenters. The first-order chi connectivity index (χ1) is 14.3. The number of nitrogens with one attached hydrogen (secondary N) is 1. The van der Waals surface area contributed by atoms with Crippen LogP contribution in [0.3, 0.4) is 0 Å². The van der Waals surface area contributed by atoms with Crippen molar-refractivity contribution in [2.75, 3.05) is 5.32 Å². The summed E-state index contributed by atoms with van der Waals surface area (Å²) in [6.07, 6.45) is -0.140. The van der Waals surface area contributed by atoms with Crippen LogP contribution in [0.2, 0.25) is 5.02 Å². The Morgan fingerprint density at radius 3 is 2.60 bits per heavy atom. The van der Waals surface area contributed by atoms with Crippen LogP contribution in [-0.2, 0) is 0 Å². The SMILES string of the molecule is CC(F)(F)Oc1ccc2c(Nc3ccc(F)c(Cl)c3)nc(-c3cccnc3)nc2c1. The molecule has 0 amide bonds. The van der Waals surface area contributed by atoms with Crippen molar-refractivity contribution in [1.82, 2.24) is 15.0 Å². The molecule has 0 aliphatic heterocycles. The van der Waals surface area contributed by atoms with Crippen molar-refractivity contribution in [3.8, 4) is 17.1 Å². The van der Waals surface area contributed by atoms with E-state index >= 15 is 0 Å². The van der Waals surface area contributed by atoms with Crippen LogP contribution >= 0.6 is 11.6 Å². The third-order valence-electron chi connectivity index (χ3n) is 4.07. The van der Waals surface area contributed by atoms with Crippen molar-refractivity contribution in [2.24, 2.45) is 0 Å². The van der Waals surface area contributed by atoms with Gasteiger partial charge in [-0.05, 0) is 42.5 Å². The molecular weight excluding hydrogens is 417 g/mol. The number of rotatable bonds is 5. The van der Waals surface area contributed by atoms with Gasteiger partial charge in [-0.25, -0.2) is 14.4 Å². The second-order valence-corrected chi connectivity index (χ2v) is 6.89. The van der Waals surface area contributed by atoms with Crippen molar-refractivity contribution in [1.29, 1.82) is 0 Å². The van der Waals surface area contributed by atoms with Crippen molar-refractivity contribution < 1.29 is 17.9 Å². The lowest BCUT2D eigenvalue weighted by Crippen LogP contribution is -2.19. The zero-order valence-corrected chi connectivity index (χ0v) is 16.3. The Kier molecular flexibility index (Phi) is 5.17. The Morgan fingerprint density at radius 1 is 1.07 bits per heavy atom. The second-order valence-electron chi connectivity index (χ2n) is 6.48. The normalized spacial score (nSPS) is 11.5. The van der Waals surface area contributed by atoms with Crippen LogP contribution in [0, 0.1) is 5.82 Å². The summed E-state index contributed by atoms with van der Waals surface area (Å²) in [4.78, 5) is 13.1. The van der Waals surface area contributed by atoms with Gasteiger partial charge < -0.3 is 10.1 Å². The van der Waals surface area contributed by atoms with Crippen molar-refractivity contribution >= 4 is 34.0 Å². The summed E-state index contributed by atoms with van der Waals surface area (Å²) in [5.74, 6) is 0.123. The molecule has 2 aromatic carbocycles. The Labute approximate surface area is 174 Å². The molecule has 0 spiro atoms. The van der Waals surface area contributed by atoms with Gasteiger partial charge in [0.05, 0.1) is 10.5 Å². The summed E-state index contributed by atoms with van der Waals surface area (Å²) >= 11 is 5.86. The molecule has 0 radical (unpaired) electrons. The number of ether oxygens (including phenoxy) is 1. The van der Waals surface area contributed by atoms with Gasteiger partial charge >= 0.3 is 6.11 Å². The van der Waals surface area contributed by atoms with E-state index in [0.717, 1.165) is 0 Å². The largest absolute Gasteiger partial charge is 0.433 e. The Morgan fingerprint density at radius 2 is 1.90 bits per heavy atom. The number of hydrogen-bond acceptors (Lipinski definition) is 5. The molecule has 0 atom stereocenters. The first-order valence-electron chi connectivity index (χ1n) is 8.80. The van der Waals surface area contributed by atoms with E-state index in [0.29, 0.717) is 40.7 Å². The van der Waals surface area contributed by atoms with E-state index in [-0.39, 0.29) is 10.8 Å². The molecule has 2 aromatic heterocycles. The minimum atomic E-state index is -3.33. The quantitative estimate of drug-likeness (QED) is 0.407. The maximum absolute atomic E-state index is 13.5. The fourth-order valence-corrected chi connectivity index (χ4v) is 2.99. The number of pyridine rings is 1. The molecule has 0 saturated carbocycles. The summed E-state index contributed by atoms with van der Waals surface area (Å²) < 4.78 is 44.7. The van der Waals surface area contributed by atoms with Crippen LogP contribution in [0.5, 0.6) is 5.75 Å². The van der Waals surface area contributed by atoms with Gasteiger partial charge in [0.2, 0.25) is 0 Å². The van der Waals surface area contributed by atoms with E-state index in [9.17, 15) is 13.2 Å². The van der Waals surface area contributed by atoms with Crippen LogP contribution in [-0.4, -0.2) is 21.1 Å². The molecule has 5 nitrogen and oxygen atoms in total. The van der Waals surface area contributed by atoms with Gasteiger partial charge in [-0.1, -0.05) is 11.6 Å². The summed E-state index contributed by atoms with van der Waals surface area (Å²) in [5, 5.41) is 3.58. The van der Waals surface area contributed by atoms with E-state index in [1.54, 1.807) is 30.6 Å². The average Bonchev–Trinajstić information content (AvgIpc) is 2.70. The monoisotopic (exact) mass is 430 g/mol. The molecule has 9 heteroatoms. The highest BCUT2D eigenvalue weighted by Crippen LogP contribution is 2.32. The van der Waals surface area contributed by atoms with Crippen LogP contribution in [0.1, 0.15) is 6.92 Å². The number of halogens is 4. The molecule has 4 aromatic rings. The molecule has 4 rings (SSSR count). The average molecular weight is 431 g/mol. The van der Waals surface area contributed by atoms with Crippen molar-refractivity contribution in [2.45, 2.75) is 13.0 Å². The molecule has 30 heavy (non-hydrogen) atoms. The fraction of sp³-hybridized carbons (Fsp3) is 0.0952. The maximum Gasteiger partial charge on any atom is 0.394 e. The lowest BCUT2D eigenvalue weighted by Gasteiger charge is -2.15. The first-order valence-corrected chi connectivity index (χ1v) is 9.17. The highest BCUT2D eigenvalue weighted by Gasteiger charge is 2.23. The molecule has 0 fully saturated rings. The predicted molar refractivity (Wildman–Crippen MR) is 109 cm³/mol. The summed E-state index contributed by atoms with van der Waals surface area (Å²) in [7, 11) is 0. The van der Waals surface area contributed by atoms with E-state index in [1.807, 2.05) is 0 Å². The predicted octanol–water partition coefficient (Wildman–Crippen LogP) is 6.22. The second kappa shape index (κ2) is 7.79. The minimum absolute atomic E-state index is 0.0402. The lowest BCUT2D eigenvalue weighted by atomic mass is 10.2. The third kappa shape index (κ3) is 4.44. The topological polar surface area (TPSA) is 59.9 Å². The number of benzene rings is 2. The first kappa shape index (κ1) is 19.9. The van der Waals surface area contributed by atoms with Crippen LogP contribution < -0.4 is 10.1 Å². The van der Waals surface area contributed by atoms with Gasteiger partial charge in [0.1, 0.15) is 17.4 Å². The maximum atomic E-state index is 13.5. The van der Waals surface area contributed by atoms with Crippen LogP contribution in [0.15, 0.2) is 60.9 Å². The minimum Gasteiger partial charge on any atom is -0.433 e. The molecule has 152 valence electrons. The van der Waals surface area contributed by atoms with E-state index < -0.39 is 11.9 Å². The van der Waals surface area contributed by atoms with Gasteiger partial charge in [-0.3, -0.25) is 4.98 Å². The van der Waals surface area contributed by atoms with Gasteiger partial charge in [-0.15, -0.1) is 0 Å². The van der Waals surface area contributed by atoms with Gasteiger partial charge in [0.15, 0.2) is 5.82 Å². The molecule has 1 N–H and O–H groups in total. The summed E-state index contributed by atoms with van der Waals surface area (Å²) in [5.41, 5.74) is 1.51. The molecule has 0 saturated heterocycles. The Balaban J connectivity index is 1.84. The van der Waals surface area contributed by atoms with Crippen molar-refractivity contribution in [3.05, 3.63) is 71.8 Å². The number of nitrogens with zero attached hydrogens (tertiary/aromatic N) is 3. The highest BCUT2D eigenvalue weighted by molar-refractivity contribution is 6.31. The van der Waals surface area contributed by atoms with Crippen molar-refractivity contribution in [3.63, 3.8) is 0 Å². The van der Waals surface area contributed by atoms with E-state index in [4.69, 9.17) is 11.6 Å². The number of aromatic nitrogens is 3. The standard InChI is InChI=1S/C21H14ClF3N4O/c1-21(24,25)30-14-5-6-15-18(10-14)28-19(12-3-2-8-26-11-12)29-20(15)27-13-4-7-17(23)16(22)9-13/h2-11H,1H3,(H,27,28,29). The zero-order chi connectivity index (χ0) is 21.3.